The fraction of sp³-hybridized carbons (Fsp3) is 0.333. The number of aliphatic hydroxyl groups is 1. The highest BCUT2D eigenvalue weighted by Gasteiger charge is 2.00. The Morgan fingerprint density at radius 1 is 0.864 bits per heavy atom. The molecule has 0 saturated heterocycles. The van der Waals surface area contributed by atoms with Crippen molar-refractivity contribution >= 4 is 17.1 Å². The van der Waals surface area contributed by atoms with Crippen LogP contribution in [-0.4, -0.2) is 39.4 Å². The fourth-order valence-corrected chi connectivity index (χ4v) is 2.23. The zero-order chi connectivity index (χ0) is 15.9. The van der Waals surface area contributed by atoms with Gasteiger partial charge in [-0.15, -0.1) is 0 Å². The Kier molecular flexibility index (Phi) is 5.67. The van der Waals surface area contributed by atoms with E-state index in [1.807, 2.05) is 26.0 Å². The van der Waals surface area contributed by atoms with Crippen LogP contribution in [0.25, 0.3) is 0 Å². The monoisotopic (exact) mass is 299 g/mol. The molecule has 22 heavy (non-hydrogen) atoms. The van der Waals surface area contributed by atoms with Crippen LogP contribution in [0.1, 0.15) is 5.56 Å². The van der Waals surface area contributed by atoms with Crippen molar-refractivity contribution in [2.75, 3.05) is 49.4 Å². The Morgan fingerprint density at radius 3 is 2.00 bits per heavy atom. The number of aliphatic hydroxyl groups excluding tert-OH is 1. The number of likely N-dealkylation sites (N-methyl/N-ethyl adjacent to an activating group) is 1. The van der Waals surface area contributed by atoms with E-state index >= 15 is 0 Å². The smallest absolute Gasteiger partial charge is 0.0606 e. The SMILES string of the molecule is CN(C)c1ccc(CNc2ccc(N(C)CCO)cc2)cc1. The first kappa shape index (κ1) is 16.2. The summed E-state index contributed by atoms with van der Waals surface area (Å²) >= 11 is 0. The van der Waals surface area contributed by atoms with E-state index in [-0.39, 0.29) is 6.61 Å². The van der Waals surface area contributed by atoms with Gasteiger partial charge in [-0.25, -0.2) is 0 Å². The van der Waals surface area contributed by atoms with Crippen LogP contribution in [0.3, 0.4) is 0 Å². The Bertz CT molecular complexity index is 564. The Hall–Kier alpha value is -2.20. The lowest BCUT2D eigenvalue weighted by atomic mass is 10.2. The molecule has 2 rings (SSSR count). The molecule has 0 fully saturated rings. The molecule has 0 bridgehead atoms. The maximum absolute atomic E-state index is 8.96. The number of nitrogens with one attached hydrogen (secondary N) is 1. The molecule has 0 aliphatic heterocycles. The first-order valence-electron chi connectivity index (χ1n) is 7.52. The van der Waals surface area contributed by atoms with Crippen LogP contribution in [0.15, 0.2) is 48.5 Å². The summed E-state index contributed by atoms with van der Waals surface area (Å²) in [7, 11) is 6.07. The molecule has 4 heteroatoms. The number of nitrogens with zero attached hydrogens (tertiary/aromatic N) is 2. The molecule has 0 atom stereocenters. The summed E-state index contributed by atoms with van der Waals surface area (Å²) < 4.78 is 0. The average molecular weight is 299 g/mol. The molecule has 0 spiro atoms. The number of rotatable bonds is 7. The van der Waals surface area contributed by atoms with Crippen LogP contribution in [-0.2, 0) is 6.54 Å². The average Bonchev–Trinajstić information content (AvgIpc) is 2.54. The molecule has 4 nitrogen and oxygen atoms in total. The van der Waals surface area contributed by atoms with Crippen LogP contribution in [0.2, 0.25) is 0 Å². The van der Waals surface area contributed by atoms with E-state index in [2.05, 4.69) is 58.7 Å². The van der Waals surface area contributed by atoms with Gasteiger partial charge in [-0.1, -0.05) is 12.1 Å². The topological polar surface area (TPSA) is 38.7 Å². The largest absolute Gasteiger partial charge is 0.395 e. The number of hydrogen-bond acceptors (Lipinski definition) is 4. The Labute approximate surface area is 133 Å². The summed E-state index contributed by atoms with van der Waals surface area (Å²) in [6.07, 6.45) is 0. The van der Waals surface area contributed by atoms with Gasteiger partial charge < -0.3 is 20.2 Å². The van der Waals surface area contributed by atoms with Gasteiger partial charge in [-0.05, 0) is 42.0 Å². The van der Waals surface area contributed by atoms with Gasteiger partial charge in [0.1, 0.15) is 0 Å². The summed E-state index contributed by atoms with van der Waals surface area (Å²) in [5, 5.41) is 12.4. The second-order valence-corrected chi connectivity index (χ2v) is 5.61. The predicted octanol–water partition coefficient (Wildman–Crippen LogP) is 2.79. The molecule has 0 unspecified atom stereocenters. The lowest BCUT2D eigenvalue weighted by Crippen LogP contribution is -2.20. The van der Waals surface area contributed by atoms with Crippen molar-refractivity contribution in [2.24, 2.45) is 0 Å². The highest BCUT2D eigenvalue weighted by molar-refractivity contribution is 5.55. The summed E-state index contributed by atoms with van der Waals surface area (Å²) in [6, 6.07) is 16.8. The normalized spacial score (nSPS) is 10.4. The van der Waals surface area contributed by atoms with Crippen molar-refractivity contribution in [3.8, 4) is 0 Å². The van der Waals surface area contributed by atoms with Crippen LogP contribution in [0.4, 0.5) is 17.1 Å². The van der Waals surface area contributed by atoms with E-state index in [0.29, 0.717) is 6.54 Å². The quantitative estimate of drug-likeness (QED) is 0.824. The molecule has 0 saturated carbocycles. The standard InChI is InChI=1S/C18H25N3O/c1-20(2)17-8-4-15(5-9-17)14-19-16-6-10-18(11-7-16)21(3)12-13-22/h4-11,19,22H,12-14H2,1-3H3. The summed E-state index contributed by atoms with van der Waals surface area (Å²) in [4.78, 5) is 4.13. The molecule has 2 N–H and O–H groups in total. The van der Waals surface area contributed by atoms with Gasteiger partial charge in [-0.2, -0.15) is 0 Å². The molecule has 0 radical (unpaired) electrons. The predicted molar refractivity (Wildman–Crippen MR) is 94.9 cm³/mol. The van der Waals surface area contributed by atoms with Crippen LogP contribution < -0.4 is 15.1 Å². The van der Waals surface area contributed by atoms with Gasteiger partial charge in [0, 0.05) is 51.3 Å². The molecule has 0 amide bonds. The van der Waals surface area contributed by atoms with Gasteiger partial charge in [0.05, 0.1) is 6.61 Å². The van der Waals surface area contributed by atoms with Gasteiger partial charge >= 0.3 is 0 Å². The van der Waals surface area contributed by atoms with Crippen LogP contribution in [0, 0.1) is 0 Å². The molecular weight excluding hydrogens is 274 g/mol. The van der Waals surface area contributed by atoms with Crippen molar-refractivity contribution in [2.45, 2.75) is 6.54 Å². The maximum Gasteiger partial charge on any atom is 0.0606 e. The minimum absolute atomic E-state index is 0.166. The minimum atomic E-state index is 0.166. The number of hydrogen-bond donors (Lipinski definition) is 2. The lowest BCUT2D eigenvalue weighted by molar-refractivity contribution is 0.304. The van der Waals surface area contributed by atoms with Gasteiger partial charge in [0.15, 0.2) is 0 Å². The van der Waals surface area contributed by atoms with E-state index in [1.165, 1.54) is 11.3 Å². The lowest BCUT2D eigenvalue weighted by Gasteiger charge is -2.18. The van der Waals surface area contributed by atoms with E-state index in [4.69, 9.17) is 5.11 Å². The van der Waals surface area contributed by atoms with Crippen LogP contribution in [0.5, 0.6) is 0 Å². The van der Waals surface area contributed by atoms with Crippen LogP contribution >= 0.6 is 0 Å². The Morgan fingerprint density at radius 2 is 1.45 bits per heavy atom. The van der Waals surface area contributed by atoms with Crippen molar-refractivity contribution in [1.29, 1.82) is 0 Å². The minimum Gasteiger partial charge on any atom is -0.395 e. The zero-order valence-corrected chi connectivity index (χ0v) is 13.6. The molecule has 2 aromatic carbocycles. The van der Waals surface area contributed by atoms with E-state index in [0.717, 1.165) is 17.9 Å². The van der Waals surface area contributed by atoms with E-state index in [9.17, 15) is 0 Å². The molecular formula is C18H25N3O. The third-order valence-corrected chi connectivity index (χ3v) is 3.69. The summed E-state index contributed by atoms with van der Waals surface area (Å²) in [5.74, 6) is 0. The zero-order valence-electron chi connectivity index (χ0n) is 13.6. The van der Waals surface area contributed by atoms with Gasteiger partial charge in [0.2, 0.25) is 0 Å². The maximum atomic E-state index is 8.96. The number of benzene rings is 2. The Balaban J connectivity index is 1.91. The molecule has 0 aromatic heterocycles. The number of anilines is 3. The molecule has 2 aromatic rings. The van der Waals surface area contributed by atoms with Crippen molar-refractivity contribution < 1.29 is 5.11 Å². The van der Waals surface area contributed by atoms with Gasteiger partial charge in [-0.3, -0.25) is 0 Å². The first-order chi connectivity index (χ1) is 10.6. The third kappa shape index (κ3) is 4.40. The highest BCUT2D eigenvalue weighted by atomic mass is 16.3. The first-order valence-corrected chi connectivity index (χ1v) is 7.52. The molecule has 0 aliphatic carbocycles. The van der Waals surface area contributed by atoms with E-state index in [1.54, 1.807) is 0 Å². The molecule has 118 valence electrons. The second kappa shape index (κ2) is 7.71. The van der Waals surface area contributed by atoms with Gasteiger partial charge in [0.25, 0.3) is 0 Å². The van der Waals surface area contributed by atoms with Crippen molar-refractivity contribution in [3.63, 3.8) is 0 Å². The summed E-state index contributed by atoms with van der Waals surface area (Å²) in [5.41, 5.74) is 4.67. The fourth-order valence-electron chi connectivity index (χ4n) is 2.23. The summed E-state index contributed by atoms with van der Waals surface area (Å²) in [6.45, 7) is 1.62. The van der Waals surface area contributed by atoms with Crippen molar-refractivity contribution in [1.82, 2.24) is 0 Å². The molecule has 0 heterocycles. The molecule has 0 aliphatic rings. The van der Waals surface area contributed by atoms with E-state index < -0.39 is 0 Å². The third-order valence-electron chi connectivity index (χ3n) is 3.69. The highest BCUT2D eigenvalue weighted by Crippen LogP contribution is 2.18. The van der Waals surface area contributed by atoms with Crippen molar-refractivity contribution in [3.05, 3.63) is 54.1 Å². The second-order valence-electron chi connectivity index (χ2n) is 5.61.